The summed E-state index contributed by atoms with van der Waals surface area (Å²) >= 11 is 0. The maximum Gasteiger partial charge on any atom is 0.314 e. The van der Waals surface area contributed by atoms with Crippen molar-refractivity contribution < 1.29 is 4.52 Å². The van der Waals surface area contributed by atoms with Crippen molar-refractivity contribution in [1.82, 2.24) is 20.1 Å². The van der Waals surface area contributed by atoms with Crippen LogP contribution in [0.1, 0.15) is 44.9 Å². The van der Waals surface area contributed by atoms with E-state index < -0.39 is 11.1 Å². The highest BCUT2D eigenvalue weighted by Gasteiger charge is 2.28. The second kappa shape index (κ2) is 5.98. The summed E-state index contributed by atoms with van der Waals surface area (Å²) in [5, 5.41) is 4.18. The molecule has 0 spiro atoms. The van der Waals surface area contributed by atoms with Gasteiger partial charge in [-0.2, -0.15) is 4.98 Å². The Bertz CT molecular complexity index is 1020. The average Bonchev–Trinajstić information content (AvgIpc) is 3.05. The molecule has 1 fully saturated rings. The summed E-state index contributed by atoms with van der Waals surface area (Å²) in [5.41, 5.74) is 0.456. The Hall–Kier alpha value is -2.70. The summed E-state index contributed by atoms with van der Waals surface area (Å²) in [5.74, 6) is 2.84. The van der Waals surface area contributed by atoms with Crippen LogP contribution >= 0.6 is 0 Å². The van der Waals surface area contributed by atoms with Gasteiger partial charge in [0.25, 0.3) is 5.89 Å². The van der Waals surface area contributed by atoms with Gasteiger partial charge in [0.2, 0.25) is 0 Å². The second-order valence-corrected chi connectivity index (χ2v) is 7.24. The number of aromatic amines is 2. The minimum atomic E-state index is -0.680. The van der Waals surface area contributed by atoms with Crippen molar-refractivity contribution in [2.45, 2.75) is 39.0 Å². The Morgan fingerprint density at radius 3 is 2.40 bits per heavy atom. The highest BCUT2D eigenvalue weighted by atomic mass is 16.5. The van der Waals surface area contributed by atoms with Gasteiger partial charge in [0.1, 0.15) is 0 Å². The zero-order valence-electron chi connectivity index (χ0n) is 14.2. The van der Waals surface area contributed by atoms with Gasteiger partial charge in [-0.05, 0) is 49.3 Å². The number of rotatable bonds is 2. The third kappa shape index (κ3) is 3.01. The monoisotopic (exact) mass is 340 g/mol. The first-order valence-electron chi connectivity index (χ1n) is 8.60. The lowest BCUT2D eigenvalue weighted by Crippen LogP contribution is -2.28. The second-order valence-electron chi connectivity index (χ2n) is 7.24. The predicted molar refractivity (Wildman–Crippen MR) is 93.4 cm³/mol. The van der Waals surface area contributed by atoms with Gasteiger partial charge in [-0.1, -0.05) is 19.0 Å². The van der Waals surface area contributed by atoms with Crippen LogP contribution in [0.2, 0.25) is 0 Å². The van der Waals surface area contributed by atoms with Crippen LogP contribution in [0.25, 0.3) is 22.5 Å². The van der Waals surface area contributed by atoms with E-state index in [-0.39, 0.29) is 0 Å². The van der Waals surface area contributed by atoms with E-state index in [4.69, 9.17) is 4.52 Å². The molecule has 2 heterocycles. The first-order valence-corrected chi connectivity index (χ1v) is 8.60. The first kappa shape index (κ1) is 15.8. The van der Waals surface area contributed by atoms with Gasteiger partial charge in [0.05, 0.1) is 11.0 Å². The van der Waals surface area contributed by atoms with E-state index in [1.165, 1.54) is 6.42 Å². The van der Waals surface area contributed by atoms with Gasteiger partial charge in [-0.3, -0.25) is 9.59 Å². The zero-order chi connectivity index (χ0) is 17.6. The molecule has 25 heavy (non-hydrogen) atoms. The molecule has 2 aromatic heterocycles. The molecule has 2 atom stereocenters. The molecule has 0 bridgehead atoms. The number of nitrogens with one attached hydrogen (secondary N) is 2. The molecule has 3 aromatic rings. The number of nitrogens with zero attached hydrogens (tertiary/aromatic N) is 2. The molecule has 1 aliphatic rings. The molecular formula is C18H20N4O3. The van der Waals surface area contributed by atoms with E-state index in [9.17, 15) is 9.59 Å². The number of hydrogen-bond acceptors (Lipinski definition) is 5. The highest BCUT2D eigenvalue weighted by Crippen LogP contribution is 2.38. The summed E-state index contributed by atoms with van der Waals surface area (Å²) < 4.78 is 5.45. The molecule has 2 N–H and O–H groups in total. The molecule has 2 unspecified atom stereocenters. The van der Waals surface area contributed by atoms with E-state index >= 15 is 0 Å². The van der Waals surface area contributed by atoms with E-state index in [0.29, 0.717) is 40.2 Å². The van der Waals surface area contributed by atoms with Crippen molar-refractivity contribution in [3.8, 4) is 11.5 Å². The fourth-order valence-electron chi connectivity index (χ4n) is 3.92. The maximum absolute atomic E-state index is 11.5. The van der Waals surface area contributed by atoms with Gasteiger partial charge in [0, 0.05) is 11.5 Å². The van der Waals surface area contributed by atoms with Crippen molar-refractivity contribution in [2.75, 3.05) is 0 Å². The lowest BCUT2D eigenvalue weighted by atomic mass is 9.76. The predicted octanol–water partition coefficient (Wildman–Crippen LogP) is 2.81. The molecular weight excluding hydrogens is 320 g/mol. The number of benzene rings is 1. The molecule has 4 rings (SSSR count). The standard InChI is InChI=1S/C18H20N4O3/c1-9-5-10(2)7-12(6-9)15-21-18(25-22-15)11-3-4-13-14(8-11)20-17(24)16(23)19-13/h3-4,8-10,12H,5-7H2,1-2H3,(H,19,23)(H,20,24). The van der Waals surface area contributed by atoms with E-state index in [0.717, 1.165) is 18.7 Å². The smallest absolute Gasteiger partial charge is 0.314 e. The van der Waals surface area contributed by atoms with E-state index in [2.05, 4.69) is 34.0 Å². The molecule has 1 aromatic carbocycles. The topological polar surface area (TPSA) is 105 Å². The lowest BCUT2D eigenvalue weighted by molar-refractivity contribution is 0.257. The summed E-state index contributed by atoms with van der Waals surface area (Å²) in [6.07, 6.45) is 3.41. The Balaban J connectivity index is 1.68. The summed E-state index contributed by atoms with van der Waals surface area (Å²) in [6, 6.07) is 5.24. The van der Waals surface area contributed by atoms with Crippen LogP contribution in [0.5, 0.6) is 0 Å². The molecule has 7 nitrogen and oxygen atoms in total. The van der Waals surface area contributed by atoms with Crippen LogP contribution < -0.4 is 11.1 Å². The van der Waals surface area contributed by atoms with Crippen LogP contribution in [0.3, 0.4) is 0 Å². The quantitative estimate of drug-likeness (QED) is 0.698. The Morgan fingerprint density at radius 2 is 1.68 bits per heavy atom. The summed E-state index contributed by atoms with van der Waals surface area (Å²) in [7, 11) is 0. The minimum Gasteiger partial charge on any atom is -0.334 e. The largest absolute Gasteiger partial charge is 0.334 e. The van der Waals surface area contributed by atoms with Gasteiger partial charge < -0.3 is 14.5 Å². The highest BCUT2D eigenvalue weighted by molar-refractivity contribution is 5.79. The van der Waals surface area contributed by atoms with Gasteiger partial charge in [-0.25, -0.2) is 0 Å². The number of H-pyrrole nitrogens is 2. The number of aromatic nitrogens is 4. The van der Waals surface area contributed by atoms with Crippen molar-refractivity contribution >= 4 is 11.0 Å². The van der Waals surface area contributed by atoms with Crippen LogP contribution in [0.15, 0.2) is 32.3 Å². The minimum absolute atomic E-state index is 0.327. The Kier molecular flexibility index (Phi) is 3.78. The van der Waals surface area contributed by atoms with Crippen molar-refractivity contribution in [3.63, 3.8) is 0 Å². The normalized spacial score (nSPS) is 23.8. The average molecular weight is 340 g/mol. The lowest BCUT2D eigenvalue weighted by Gasteiger charge is -2.29. The molecule has 7 heteroatoms. The first-order chi connectivity index (χ1) is 12.0. The fourth-order valence-corrected chi connectivity index (χ4v) is 3.92. The Morgan fingerprint density at radius 1 is 1.00 bits per heavy atom. The van der Waals surface area contributed by atoms with Crippen LogP contribution in [-0.4, -0.2) is 20.1 Å². The molecule has 0 radical (unpaired) electrons. The maximum atomic E-state index is 11.5. The molecule has 0 saturated heterocycles. The summed E-state index contributed by atoms with van der Waals surface area (Å²) in [6.45, 7) is 4.54. The van der Waals surface area contributed by atoms with Gasteiger partial charge in [0.15, 0.2) is 5.82 Å². The fraction of sp³-hybridized carbons (Fsp3) is 0.444. The van der Waals surface area contributed by atoms with Crippen LogP contribution in [0.4, 0.5) is 0 Å². The van der Waals surface area contributed by atoms with Gasteiger partial charge >= 0.3 is 11.1 Å². The van der Waals surface area contributed by atoms with E-state index in [1.807, 2.05) is 0 Å². The van der Waals surface area contributed by atoms with Gasteiger partial charge in [-0.15, -0.1) is 0 Å². The third-order valence-electron chi connectivity index (χ3n) is 4.95. The number of fused-ring (bicyclic) bond motifs is 1. The van der Waals surface area contributed by atoms with E-state index in [1.54, 1.807) is 18.2 Å². The van der Waals surface area contributed by atoms with Crippen molar-refractivity contribution in [2.24, 2.45) is 11.8 Å². The van der Waals surface area contributed by atoms with Crippen molar-refractivity contribution in [1.29, 1.82) is 0 Å². The third-order valence-corrected chi connectivity index (χ3v) is 4.95. The van der Waals surface area contributed by atoms with Crippen LogP contribution in [0, 0.1) is 11.8 Å². The molecule has 0 amide bonds. The molecule has 1 aliphatic carbocycles. The van der Waals surface area contributed by atoms with Crippen LogP contribution in [-0.2, 0) is 0 Å². The Labute approximate surface area is 143 Å². The molecule has 1 saturated carbocycles. The molecule has 130 valence electrons. The summed E-state index contributed by atoms with van der Waals surface area (Å²) in [4.78, 5) is 32.6. The number of hydrogen-bond donors (Lipinski definition) is 2. The molecule has 0 aliphatic heterocycles. The van der Waals surface area contributed by atoms with Crippen molar-refractivity contribution in [3.05, 3.63) is 44.7 Å². The SMILES string of the molecule is CC1CC(C)CC(c2noc(-c3ccc4[nH]c(=O)c(=O)[nH]c4c3)n2)C1. The zero-order valence-corrected chi connectivity index (χ0v) is 14.2.